The van der Waals surface area contributed by atoms with E-state index in [1.165, 1.54) is 11.1 Å². The summed E-state index contributed by atoms with van der Waals surface area (Å²) in [5.41, 5.74) is 3.72. The molecule has 0 unspecified atom stereocenters. The van der Waals surface area contributed by atoms with Crippen LogP contribution in [0.5, 0.6) is 0 Å². The minimum atomic E-state index is -0.0471. The summed E-state index contributed by atoms with van der Waals surface area (Å²) in [6.45, 7) is 9.31. The minimum Gasteiger partial charge on any atom is -0.394 e. The molecule has 2 heterocycles. The van der Waals surface area contributed by atoms with Gasteiger partial charge in [-0.15, -0.1) is 0 Å². The van der Waals surface area contributed by atoms with Gasteiger partial charge < -0.3 is 15.3 Å². The van der Waals surface area contributed by atoms with Gasteiger partial charge in [-0.05, 0) is 37.3 Å². The number of rotatable bonds is 5. The third kappa shape index (κ3) is 3.93. The fraction of sp³-hybridized carbons (Fsp3) is 0.500. The first kappa shape index (κ1) is 17.7. The topological polar surface area (TPSA) is 61.3 Å². The van der Waals surface area contributed by atoms with Crippen molar-refractivity contribution in [1.82, 2.24) is 9.97 Å². The lowest BCUT2D eigenvalue weighted by molar-refractivity contribution is 0.248. The molecule has 0 aliphatic carbocycles. The highest BCUT2D eigenvalue weighted by molar-refractivity contribution is 5.49. The van der Waals surface area contributed by atoms with Crippen LogP contribution in [-0.4, -0.2) is 33.8 Å². The Morgan fingerprint density at radius 3 is 2.64 bits per heavy atom. The Morgan fingerprint density at radius 1 is 1.24 bits per heavy atom. The smallest absolute Gasteiger partial charge is 0.225 e. The molecule has 25 heavy (non-hydrogen) atoms. The molecule has 0 amide bonds. The zero-order valence-corrected chi connectivity index (χ0v) is 15.5. The summed E-state index contributed by atoms with van der Waals surface area (Å²) >= 11 is 0. The molecule has 0 radical (unpaired) electrons. The molecule has 2 atom stereocenters. The van der Waals surface area contributed by atoms with Crippen molar-refractivity contribution >= 4 is 11.8 Å². The molecule has 0 fully saturated rings. The Hall–Kier alpha value is -2.14. The van der Waals surface area contributed by atoms with E-state index >= 15 is 0 Å². The lowest BCUT2D eigenvalue weighted by atomic mass is 9.95. The predicted molar refractivity (Wildman–Crippen MR) is 102 cm³/mol. The molecule has 134 valence electrons. The van der Waals surface area contributed by atoms with Crippen LogP contribution in [0.25, 0.3) is 0 Å². The quantitative estimate of drug-likeness (QED) is 0.875. The van der Waals surface area contributed by atoms with Crippen molar-refractivity contribution in [1.29, 1.82) is 0 Å². The van der Waals surface area contributed by atoms with Crippen LogP contribution in [0, 0.1) is 12.8 Å². The molecule has 1 aliphatic heterocycles. The second-order valence-corrected chi connectivity index (χ2v) is 7.32. The maximum atomic E-state index is 9.57. The minimum absolute atomic E-state index is 0.0471. The number of benzene rings is 1. The average molecular weight is 340 g/mol. The number of anilines is 2. The van der Waals surface area contributed by atoms with Crippen LogP contribution in [0.3, 0.4) is 0 Å². The van der Waals surface area contributed by atoms with Crippen LogP contribution in [0.15, 0.2) is 30.3 Å². The second-order valence-electron chi connectivity index (χ2n) is 7.32. The van der Waals surface area contributed by atoms with E-state index in [4.69, 9.17) is 4.98 Å². The second kappa shape index (κ2) is 7.40. The van der Waals surface area contributed by atoms with E-state index in [9.17, 15) is 5.11 Å². The fourth-order valence-corrected chi connectivity index (χ4v) is 3.34. The molecule has 0 bridgehead atoms. The average Bonchev–Trinajstić information content (AvgIpc) is 2.58. The van der Waals surface area contributed by atoms with E-state index in [0.29, 0.717) is 17.9 Å². The van der Waals surface area contributed by atoms with E-state index in [2.05, 4.69) is 60.2 Å². The van der Waals surface area contributed by atoms with Crippen molar-refractivity contribution in [3.05, 3.63) is 47.2 Å². The van der Waals surface area contributed by atoms with E-state index in [1.54, 1.807) is 0 Å². The molecule has 0 saturated heterocycles. The van der Waals surface area contributed by atoms with Gasteiger partial charge in [0.1, 0.15) is 5.82 Å². The molecule has 0 spiro atoms. The summed E-state index contributed by atoms with van der Waals surface area (Å²) in [7, 11) is 0. The van der Waals surface area contributed by atoms with Gasteiger partial charge >= 0.3 is 0 Å². The van der Waals surface area contributed by atoms with Gasteiger partial charge in [-0.2, -0.15) is 4.98 Å². The fourth-order valence-electron chi connectivity index (χ4n) is 3.34. The van der Waals surface area contributed by atoms with Gasteiger partial charge in [0.05, 0.1) is 12.6 Å². The van der Waals surface area contributed by atoms with Crippen molar-refractivity contribution in [3.8, 4) is 0 Å². The molecule has 5 nitrogen and oxygen atoms in total. The lowest BCUT2D eigenvalue weighted by Gasteiger charge is -2.36. The molecule has 2 aromatic rings. The van der Waals surface area contributed by atoms with Gasteiger partial charge in [-0.3, -0.25) is 0 Å². The largest absolute Gasteiger partial charge is 0.394 e. The first-order valence-electron chi connectivity index (χ1n) is 9.04. The van der Waals surface area contributed by atoms with Gasteiger partial charge in [0.2, 0.25) is 5.95 Å². The van der Waals surface area contributed by atoms with Gasteiger partial charge in [-0.1, -0.05) is 38.1 Å². The molecular formula is C20H28N4O. The van der Waals surface area contributed by atoms with Crippen LogP contribution >= 0.6 is 0 Å². The summed E-state index contributed by atoms with van der Waals surface area (Å²) in [4.78, 5) is 11.6. The number of fused-ring (bicyclic) bond motifs is 1. The normalized spacial score (nSPS) is 18.2. The summed E-state index contributed by atoms with van der Waals surface area (Å²) in [6, 6.07) is 11.0. The summed E-state index contributed by atoms with van der Waals surface area (Å²) in [5.74, 6) is 1.84. The van der Waals surface area contributed by atoms with E-state index in [-0.39, 0.29) is 12.6 Å². The Morgan fingerprint density at radius 2 is 1.96 bits per heavy atom. The van der Waals surface area contributed by atoms with Crippen LogP contribution in [-0.2, 0) is 13.0 Å². The Bertz CT molecular complexity index is 731. The number of aryl methyl sites for hydroxylation is 1. The molecule has 1 aliphatic rings. The molecule has 5 heteroatoms. The maximum absolute atomic E-state index is 9.57. The van der Waals surface area contributed by atoms with Gasteiger partial charge in [-0.25, -0.2) is 4.98 Å². The number of hydrogen-bond acceptors (Lipinski definition) is 5. The zero-order chi connectivity index (χ0) is 18.0. The zero-order valence-electron chi connectivity index (χ0n) is 15.5. The third-order valence-electron chi connectivity index (χ3n) is 4.96. The van der Waals surface area contributed by atoms with Crippen molar-refractivity contribution in [3.63, 3.8) is 0 Å². The van der Waals surface area contributed by atoms with Crippen molar-refractivity contribution in [2.75, 3.05) is 16.8 Å². The SMILES string of the molecule is Cc1cc(N2Cc3ccccc3C[C@@H]2C)nc(N[C@H](CO)C(C)C)n1. The van der Waals surface area contributed by atoms with E-state index in [1.807, 2.05) is 13.0 Å². The number of aliphatic hydroxyl groups is 1. The van der Waals surface area contributed by atoms with E-state index < -0.39 is 0 Å². The van der Waals surface area contributed by atoms with Crippen LogP contribution in [0.2, 0.25) is 0 Å². The highest BCUT2D eigenvalue weighted by atomic mass is 16.3. The summed E-state index contributed by atoms with van der Waals surface area (Å²) in [6.07, 6.45) is 1.02. The lowest BCUT2D eigenvalue weighted by Crippen LogP contribution is -2.39. The molecule has 1 aromatic heterocycles. The monoisotopic (exact) mass is 340 g/mol. The molecule has 0 saturated carbocycles. The Kier molecular flexibility index (Phi) is 5.23. The van der Waals surface area contributed by atoms with Crippen LogP contribution in [0.4, 0.5) is 11.8 Å². The highest BCUT2D eigenvalue weighted by Gasteiger charge is 2.24. The third-order valence-corrected chi connectivity index (χ3v) is 4.96. The molecule has 3 rings (SSSR count). The maximum Gasteiger partial charge on any atom is 0.225 e. The van der Waals surface area contributed by atoms with Gasteiger partial charge in [0.15, 0.2) is 0 Å². The van der Waals surface area contributed by atoms with Crippen molar-refractivity contribution < 1.29 is 5.11 Å². The number of aromatic nitrogens is 2. The Labute approximate surface area is 150 Å². The van der Waals surface area contributed by atoms with Crippen LogP contribution < -0.4 is 10.2 Å². The molecule has 1 aromatic carbocycles. The van der Waals surface area contributed by atoms with E-state index in [0.717, 1.165) is 24.5 Å². The highest BCUT2D eigenvalue weighted by Crippen LogP contribution is 2.28. The first-order chi connectivity index (χ1) is 12.0. The van der Waals surface area contributed by atoms with Crippen molar-refractivity contribution in [2.45, 2.75) is 52.7 Å². The van der Waals surface area contributed by atoms with Crippen LogP contribution in [0.1, 0.15) is 37.6 Å². The number of nitrogens with one attached hydrogen (secondary N) is 1. The summed E-state index contributed by atoms with van der Waals surface area (Å²) < 4.78 is 0. The Balaban J connectivity index is 1.87. The number of aliphatic hydroxyl groups excluding tert-OH is 1. The molecule has 2 N–H and O–H groups in total. The predicted octanol–water partition coefficient (Wildman–Crippen LogP) is 3.17. The number of hydrogen-bond donors (Lipinski definition) is 2. The van der Waals surface area contributed by atoms with Gasteiger partial charge in [0, 0.05) is 24.3 Å². The number of nitrogens with zero attached hydrogens (tertiary/aromatic N) is 3. The summed E-state index contributed by atoms with van der Waals surface area (Å²) in [5, 5.41) is 12.9. The first-order valence-corrected chi connectivity index (χ1v) is 9.04. The standard InChI is InChI=1S/C20H28N4O/c1-13(2)18(12-25)22-20-21-14(3)9-19(23-20)24-11-17-8-6-5-7-16(17)10-15(24)4/h5-9,13,15,18,25H,10-12H2,1-4H3,(H,21,22,23)/t15-,18+/m0/s1. The molecular weight excluding hydrogens is 312 g/mol. The van der Waals surface area contributed by atoms with Crippen molar-refractivity contribution in [2.24, 2.45) is 5.92 Å². The van der Waals surface area contributed by atoms with Gasteiger partial charge in [0.25, 0.3) is 0 Å².